The second kappa shape index (κ2) is 18.0. The van der Waals surface area contributed by atoms with Crippen molar-refractivity contribution in [2.45, 2.75) is 90.9 Å². The Hall–Kier alpha value is -7.89. The number of hydrogen-bond donors (Lipinski definition) is 0. The Kier molecular flexibility index (Phi) is 11.7. The van der Waals surface area contributed by atoms with Crippen LogP contribution in [0.15, 0.2) is 212 Å². The van der Waals surface area contributed by atoms with Crippen molar-refractivity contribution in [2.75, 3.05) is 21.4 Å². The molecule has 11 rings (SSSR count). The summed E-state index contributed by atoms with van der Waals surface area (Å²) in [5.74, 6) is 0.877. The van der Waals surface area contributed by atoms with Gasteiger partial charge in [0, 0.05) is 50.8 Å². The number of fused-ring (bicyclic) bond motifs is 4. The van der Waals surface area contributed by atoms with E-state index in [1.54, 1.807) is 0 Å². The molecule has 364 valence electrons. The van der Waals surface area contributed by atoms with Gasteiger partial charge in [-0.05, 0) is 141 Å². The van der Waals surface area contributed by atoms with Crippen molar-refractivity contribution in [2.24, 2.45) is 0 Å². The molecule has 10 aromatic rings. The fourth-order valence-corrected chi connectivity index (χ4v) is 10.9. The van der Waals surface area contributed by atoms with E-state index in [2.05, 4.69) is 295 Å². The molecular weight excluding hydrogens is 887 g/mol. The number of hydrogen-bond acceptors (Lipinski definition) is 4. The Balaban J connectivity index is 1.08. The van der Waals surface area contributed by atoms with Crippen molar-refractivity contribution in [1.82, 2.24) is 9.55 Å². The highest BCUT2D eigenvalue weighted by atomic mass is 15.4. The number of benzene rings is 8. The molecule has 0 saturated carbocycles. The van der Waals surface area contributed by atoms with Gasteiger partial charge in [-0.15, -0.1) is 0 Å². The summed E-state index contributed by atoms with van der Waals surface area (Å²) >= 11 is 0. The predicted molar refractivity (Wildman–Crippen MR) is 310 cm³/mol. The average Bonchev–Trinajstić information content (AvgIpc) is 3.95. The highest BCUT2D eigenvalue weighted by molar-refractivity contribution is 6.10. The first kappa shape index (κ1) is 47.4. The molecule has 0 amide bonds. The molecule has 1 aliphatic heterocycles. The lowest BCUT2D eigenvalue weighted by Gasteiger charge is -2.32. The largest absolute Gasteiger partial charge is 0.321 e. The van der Waals surface area contributed by atoms with Gasteiger partial charge in [0.15, 0.2) is 0 Å². The van der Waals surface area contributed by atoms with Gasteiger partial charge in [-0.1, -0.05) is 184 Å². The fourth-order valence-electron chi connectivity index (χ4n) is 10.9. The van der Waals surface area contributed by atoms with E-state index >= 15 is 0 Å². The number of pyridine rings is 1. The SMILES string of the molecule is CC(C)(C)c1cc(N2CN(c3cc(C(C)(C)C)cc(C(C)(C)C)c3)c3ccccc32)cc(N(c2ccccc2)c2ccc3c4ccccc4n(-c4cc(C(C)(c5ccccc5)c5ccccc5)ccn4)c3c2)c1. The zero-order chi connectivity index (χ0) is 50.9. The van der Waals surface area contributed by atoms with Crippen LogP contribution in [0, 0.1) is 0 Å². The second-order valence-corrected chi connectivity index (χ2v) is 23.2. The van der Waals surface area contributed by atoms with Crippen LogP contribution in [0.1, 0.15) is 103 Å². The van der Waals surface area contributed by atoms with E-state index in [9.17, 15) is 0 Å². The van der Waals surface area contributed by atoms with E-state index in [1.807, 2.05) is 6.20 Å². The predicted octanol–water partition coefficient (Wildman–Crippen LogP) is 18.1. The number of para-hydroxylation sites is 4. The standard InChI is InChI=1S/C68H67N5/c1-65(2,3)50-38-51(66(4,5)6)40-55(39-50)70-46-71(62-33-23-22-32-61(62)70)56-41-52(67(7,8)9)42-57(44-56)72(53-28-18-13-19-29-53)54-34-35-59-58-30-20-21-31-60(58)73(63(59)45-54)64-43-49(36-37-69-64)68(10,47-24-14-11-15-25-47)48-26-16-12-17-27-48/h11-45H,46H2,1-10H3. The fraction of sp³-hybridized carbons (Fsp3) is 0.221. The van der Waals surface area contributed by atoms with Crippen LogP contribution < -0.4 is 14.7 Å². The zero-order valence-electron chi connectivity index (χ0n) is 44.2. The molecule has 5 heteroatoms. The number of aromatic nitrogens is 2. The van der Waals surface area contributed by atoms with Gasteiger partial charge in [0.05, 0.1) is 22.4 Å². The molecule has 2 aromatic heterocycles. The van der Waals surface area contributed by atoms with E-state index in [0.29, 0.717) is 6.67 Å². The summed E-state index contributed by atoms with van der Waals surface area (Å²) in [6.45, 7) is 23.9. The van der Waals surface area contributed by atoms with Crippen LogP contribution in [-0.4, -0.2) is 16.2 Å². The van der Waals surface area contributed by atoms with Crippen LogP contribution >= 0.6 is 0 Å². The number of nitrogens with zero attached hydrogens (tertiary/aromatic N) is 5. The van der Waals surface area contributed by atoms with Crippen LogP contribution in [0.5, 0.6) is 0 Å². The molecule has 0 atom stereocenters. The molecule has 0 saturated heterocycles. The van der Waals surface area contributed by atoms with E-state index in [-0.39, 0.29) is 16.2 Å². The summed E-state index contributed by atoms with van der Waals surface area (Å²) in [6.07, 6.45) is 1.98. The van der Waals surface area contributed by atoms with Gasteiger partial charge in [0.2, 0.25) is 0 Å². The van der Waals surface area contributed by atoms with Crippen molar-refractivity contribution in [3.8, 4) is 5.82 Å². The highest BCUT2D eigenvalue weighted by Crippen LogP contribution is 2.49. The Labute approximate surface area is 433 Å². The monoisotopic (exact) mass is 954 g/mol. The van der Waals surface area contributed by atoms with Crippen molar-refractivity contribution in [3.63, 3.8) is 0 Å². The number of anilines is 7. The van der Waals surface area contributed by atoms with Crippen LogP contribution in [0.25, 0.3) is 27.6 Å². The van der Waals surface area contributed by atoms with Crippen molar-refractivity contribution >= 4 is 61.6 Å². The maximum Gasteiger partial charge on any atom is 0.137 e. The maximum absolute atomic E-state index is 5.19. The zero-order valence-corrected chi connectivity index (χ0v) is 44.2. The molecule has 0 radical (unpaired) electrons. The third kappa shape index (κ3) is 8.65. The average molecular weight is 954 g/mol. The molecule has 0 unspecified atom stereocenters. The third-order valence-electron chi connectivity index (χ3n) is 15.2. The first-order valence-corrected chi connectivity index (χ1v) is 25.9. The van der Waals surface area contributed by atoms with Gasteiger partial charge in [-0.3, -0.25) is 4.57 Å². The Bertz CT molecular complexity index is 3550. The molecule has 0 fully saturated rings. The lowest BCUT2D eigenvalue weighted by Crippen LogP contribution is -2.26. The smallest absolute Gasteiger partial charge is 0.137 e. The Morgan fingerprint density at radius 2 is 0.863 bits per heavy atom. The maximum atomic E-state index is 5.19. The lowest BCUT2D eigenvalue weighted by atomic mass is 9.71. The molecule has 8 aromatic carbocycles. The van der Waals surface area contributed by atoms with Crippen molar-refractivity contribution < 1.29 is 0 Å². The first-order valence-electron chi connectivity index (χ1n) is 25.9. The van der Waals surface area contributed by atoms with Gasteiger partial charge >= 0.3 is 0 Å². The molecule has 0 bridgehead atoms. The third-order valence-corrected chi connectivity index (χ3v) is 15.2. The van der Waals surface area contributed by atoms with E-state index in [0.717, 1.165) is 39.6 Å². The Morgan fingerprint density at radius 3 is 1.44 bits per heavy atom. The summed E-state index contributed by atoms with van der Waals surface area (Å²) in [5.41, 5.74) is 17.2. The van der Waals surface area contributed by atoms with Gasteiger partial charge in [-0.25, -0.2) is 4.98 Å². The molecular formula is C68H67N5. The van der Waals surface area contributed by atoms with Gasteiger partial charge in [0.25, 0.3) is 0 Å². The van der Waals surface area contributed by atoms with E-state index < -0.39 is 5.41 Å². The van der Waals surface area contributed by atoms with Gasteiger partial charge < -0.3 is 14.7 Å². The van der Waals surface area contributed by atoms with E-state index in [4.69, 9.17) is 4.98 Å². The second-order valence-electron chi connectivity index (χ2n) is 23.2. The van der Waals surface area contributed by atoms with Crippen LogP contribution in [0.2, 0.25) is 0 Å². The molecule has 0 spiro atoms. The van der Waals surface area contributed by atoms with Crippen molar-refractivity contribution in [3.05, 3.63) is 246 Å². The highest BCUT2D eigenvalue weighted by Gasteiger charge is 2.34. The van der Waals surface area contributed by atoms with Gasteiger partial charge in [0.1, 0.15) is 12.5 Å². The summed E-state index contributed by atoms with van der Waals surface area (Å²) in [4.78, 5) is 12.6. The molecule has 0 aliphatic carbocycles. The van der Waals surface area contributed by atoms with Crippen molar-refractivity contribution in [1.29, 1.82) is 0 Å². The summed E-state index contributed by atoms with van der Waals surface area (Å²) in [5, 5.41) is 2.37. The van der Waals surface area contributed by atoms with E-state index in [1.165, 1.54) is 61.2 Å². The minimum Gasteiger partial charge on any atom is -0.321 e. The minimum atomic E-state index is -0.428. The summed E-state index contributed by atoms with van der Waals surface area (Å²) < 4.78 is 2.36. The molecule has 5 nitrogen and oxygen atoms in total. The van der Waals surface area contributed by atoms with Crippen LogP contribution in [0.3, 0.4) is 0 Å². The Morgan fingerprint density at radius 1 is 0.370 bits per heavy atom. The topological polar surface area (TPSA) is 27.5 Å². The molecule has 0 N–H and O–H groups in total. The molecule has 3 heterocycles. The normalized spacial score (nSPS) is 13.2. The van der Waals surface area contributed by atoms with Crippen LogP contribution in [-0.2, 0) is 21.7 Å². The summed E-state index contributed by atoms with van der Waals surface area (Å²) in [6, 6.07) is 76.1. The van der Waals surface area contributed by atoms with Gasteiger partial charge in [-0.2, -0.15) is 0 Å². The number of rotatable bonds is 9. The quantitative estimate of drug-likeness (QED) is 0.144. The minimum absolute atomic E-state index is 0.00412. The van der Waals surface area contributed by atoms with Crippen LogP contribution in [0.4, 0.5) is 39.8 Å². The lowest BCUT2D eigenvalue weighted by molar-refractivity contribution is 0.568. The summed E-state index contributed by atoms with van der Waals surface area (Å²) in [7, 11) is 0. The molecule has 1 aliphatic rings. The first-order chi connectivity index (χ1) is 35.0. The molecule has 73 heavy (non-hydrogen) atoms.